The molecule has 0 amide bonds. The average Bonchev–Trinajstić information content (AvgIpc) is 2.70. The molecule has 0 saturated heterocycles. The number of halogens is 1. The molecule has 2 rings (SSSR count). The molecule has 0 bridgehead atoms. The average molecular weight is 442 g/mol. The van der Waals surface area contributed by atoms with E-state index in [9.17, 15) is 18.0 Å². The first kappa shape index (κ1) is 22.7. The Morgan fingerprint density at radius 3 is 2.41 bits per heavy atom. The van der Waals surface area contributed by atoms with E-state index in [2.05, 4.69) is 4.72 Å². The Balaban J connectivity index is 2.24. The van der Waals surface area contributed by atoms with Crippen molar-refractivity contribution in [3.05, 3.63) is 52.5 Å². The van der Waals surface area contributed by atoms with E-state index in [1.807, 2.05) is 0 Å². The van der Waals surface area contributed by atoms with Crippen molar-refractivity contribution in [2.45, 2.75) is 24.3 Å². The summed E-state index contributed by atoms with van der Waals surface area (Å²) < 4.78 is 38.2. The lowest BCUT2D eigenvalue weighted by Gasteiger charge is -2.13. The largest absolute Gasteiger partial charge is 0.497 e. The molecule has 0 heterocycles. The molecule has 29 heavy (non-hydrogen) atoms. The van der Waals surface area contributed by atoms with Gasteiger partial charge in [-0.05, 0) is 24.3 Å². The van der Waals surface area contributed by atoms with Gasteiger partial charge in [0.05, 0.1) is 25.7 Å². The number of ketones is 1. The van der Waals surface area contributed by atoms with Crippen LogP contribution in [0.2, 0.25) is 5.02 Å². The molecule has 0 aliphatic heterocycles. The quantitative estimate of drug-likeness (QED) is 0.544. The van der Waals surface area contributed by atoms with Crippen molar-refractivity contribution < 1.29 is 32.6 Å². The van der Waals surface area contributed by atoms with Gasteiger partial charge in [-0.2, -0.15) is 0 Å². The third-order valence-electron chi connectivity index (χ3n) is 4.06. The lowest BCUT2D eigenvalue weighted by molar-refractivity contribution is -0.136. The van der Waals surface area contributed by atoms with Gasteiger partial charge in [0, 0.05) is 30.2 Å². The van der Waals surface area contributed by atoms with Crippen LogP contribution in [0.4, 0.5) is 0 Å². The van der Waals surface area contributed by atoms with Crippen LogP contribution >= 0.6 is 11.6 Å². The SMILES string of the molecule is COc1ccc(CNS(=O)(=O)c2cc(C(=O)CCC(=O)O)ccc2Cl)c(OC)c1. The minimum Gasteiger partial charge on any atom is -0.497 e. The molecule has 0 saturated carbocycles. The second kappa shape index (κ2) is 9.73. The lowest BCUT2D eigenvalue weighted by Crippen LogP contribution is -2.24. The van der Waals surface area contributed by atoms with E-state index in [0.29, 0.717) is 17.1 Å². The molecule has 2 aromatic carbocycles. The number of hydrogen-bond donors (Lipinski definition) is 2. The summed E-state index contributed by atoms with van der Waals surface area (Å²) in [5.41, 5.74) is 0.639. The van der Waals surface area contributed by atoms with E-state index < -0.39 is 21.8 Å². The fourth-order valence-corrected chi connectivity index (χ4v) is 4.03. The van der Waals surface area contributed by atoms with Crippen molar-refractivity contribution in [2.24, 2.45) is 0 Å². The Kier molecular flexibility index (Phi) is 7.60. The van der Waals surface area contributed by atoms with Gasteiger partial charge >= 0.3 is 5.97 Å². The molecular weight excluding hydrogens is 422 g/mol. The van der Waals surface area contributed by atoms with Crippen LogP contribution in [0.1, 0.15) is 28.8 Å². The van der Waals surface area contributed by atoms with E-state index in [-0.39, 0.29) is 34.9 Å². The summed E-state index contributed by atoms with van der Waals surface area (Å²) in [5, 5.41) is 8.63. The Hall–Kier alpha value is -2.62. The number of ether oxygens (including phenoxy) is 2. The van der Waals surface area contributed by atoms with E-state index in [4.69, 9.17) is 26.2 Å². The molecule has 2 aromatic rings. The Morgan fingerprint density at radius 2 is 1.79 bits per heavy atom. The fraction of sp³-hybridized carbons (Fsp3) is 0.263. The van der Waals surface area contributed by atoms with E-state index in [1.54, 1.807) is 18.2 Å². The molecule has 0 radical (unpaired) electrons. The van der Waals surface area contributed by atoms with Gasteiger partial charge in [0.1, 0.15) is 16.4 Å². The third-order valence-corrected chi connectivity index (χ3v) is 5.94. The standard InChI is InChI=1S/C19H20ClNO7S/c1-27-14-5-3-13(17(10-14)28-2)11-21-29(25,26)18-9-12(4-6-15(18)20)16(22)7-8-19(23)24/h3-6,9-10,21H,7-8,11H2,1-2H3,(H,23,24). The van der Waals surface area contributed by atoms with Crippen molar-refractivity contribution in [1.29, 1.82) is 0 Å². The van der Waals surface area contributed by atoms with Gasteiger partial charge in [-0.1, -0.05) is 17.7 Å². The highest BCUT2D eigenvalue weighted by Gasteiger charge is 2.21. The summed E-state index contributed by atoms with van der Waals surface area (Å²) in [6, 6.07) is 8.74. The van der Waals surface area contributed by atoms with Gasteiger partial charge in [-0.15, -0.1) is 0 Å². The van der Waals surface area contributed by atoms with Crippen LogP contribution < -0.4 is 14.2 Å². The van der Waals surface area contributed by atoms with Crippen LogP contribution in [0, 0.1) is 0 Å². The van der Waals surface area contributed by atoms with Gasteiger partial charge < -0.3 is 14.6 Å². The minimum absolute atomic E-state index is 0.0611. The lowest BCUT2D eigenvalue weighted by atomic mass is 10.1. The van der Waals surface area contributed by atoms with E-state index in [1.165, 1.54) is 26.4 Å². The van der Waals surface area contributed by atoms with Crippen molar-refractivity contribution in [3.8, 4) is 11.5 Å². The molecule has 0 aliphatic rings. The van der Waals surface area contributed by atoms with Crippen LogP contribution in [-0.4, -0.2) is 39.5 Å². The first-order chi connectivity index (χ1) is 13.7. The summed E-state index contributed by atoms with van der Waals surface area (Å²) in [4.78, 5) is 22.5. The highest BCUT2D eigenvalue weighted by atomic mass is 35.5. The molecular formula is C19H20ClNO7S. The van der Waals surface area contributed by atoms with Crippen LogP contribution in [0.15, 0.2) is 41.3 Å². The fourth-order valence-electron chi connectivity index (χ4n) is 2.50. The number of hydrogen-bond acceptors (Lipinski definition) is 6. The zero-order valence-electron chi connectivity index (χ0n) is 15.8. The highest BCUT2D eigenvalue weighted by Crippen LogP contribution is 2.27. The maximum absolute atomic E-state index is 12.7. The monoisotopic (exact) mass is 441 g/mol. The van der Waals surface area contributed by atoms with Crippen LogP contribution in [0.5, 0.6) is 11.5 Å². The molecule has 0 spiro atoms. The third kappa shape index (κ3) is 5.93. The summed E-state index contributed by atoms with van der Waals surface area (Å²) in [6.45, 7) is -0.0803. The van der Waals surface area contributed by atoms with Crippen molar-refractivity contribution >= 4 is 33.4 Å². The number of carboxylic acids is 1. The molecule has 0 aromatic heterocycles. The van der Waals surface area contributed by atoms with Crippen LogP contribution in [0.25, 0.3) is 0 Å². The van der Waals surface area contributed by atoms with E-state index in [0.717, 1.165) is 6.07 Å². The number of carbonyl (C=O) groups is 2. The number of sulfonamides is 1. The van der Waals surface area contributed by atoms with Crippen molar-refractivity contribution in [3.63, 3.8) is 0 Å². The number of methoxy groups -OCH3 is 2. The van der Waals surface area contributed by atoms with Gasteiger partial charge in [-0.3, -0.25) is 9.59 Å². The normalized spacial score (nSPS) is 11.1. The maximum atomic E-state index is 12.7. The maximum Gasteiger partial charge on any atom is 0.303 e. The number of rotatable bonds is 10. The van der Waals surface area contributed by atoms with Crippen molar-refractivity contribution in [1.82, 2.24) is 4.72 Å². The zero-order chi connectivity index (χ0) is 21.6. The highest BCUT2D eigenvalue weighted by molar-refractivity contribution is 7.89. The summed E-state index contributed by atoms with van der Waals surface area (Å²) in [7, 11) is -1.10. The molecule has 0 fully saturated rings. The molecule has 0 unspecified atom stereocenters. The first-order valence-electron chi connectivity index (χ1n) is 8.43. The zero-order valence-corrected chi connectivity index (χ0v) is 17.3. The van der Waals surface area contributed by atoms with Crippen LogP contribution in [0.3, 0.4) is 0 Å². The molecule has 8 nitrogen and oxygen atoms in total. The van der Waals surface area contributed by atoms with Gasteiger partial charge in [0.2, 0.25) is 10.0 Å². The molecule has 0 aliphatic carbocycles. The molecule has 0 atom stereocenters. The summed E-state index contributed by atoms with van der Waals surface area (Å²) in [6.07, 6.45) is -0.591. The Morgan fingerprint density at radius 1 is 1.07 bits per heavy atom. The summed E-state index contributed by atoms with van der Waals surface area (Å²) in [5.74, 6) is -0.604. The van der Waals surface area contributed by atoms with Crippen LogP contribution in [-0.2, 0) is 21.4 Å². The van der Waals surface area contributed by atoms with Gasteiger partial charge in [0.25, 0.3) is 0 Å². The van der Waals surface area contributed by atoms with E-state index >= 15 is 0 Å². The predicted octanol–water partition coefficient (Wildman–Crippen LogP) is 2.88. The predicted molar refractivity (Wildman–Crippen MR) is 106 cm³/mol. The molecule has 10 heteroatoms. The summed E-state index contributed by atoms with van der Waals surface area (Å²) >= 11 is 6.03. The number of Topliss-reactive ketones (excluding diaryl/α,β-unsaturated/α-hetero) is 1. The Labute approximate surface area is 173 Å². The number of carboxylic acid groups (broad SMARTS) is 1. The second-order valence-electron chi connectivity index (χ2n) is 5.96. The minimum atomic E-state index is -4.05. The topological polar surface area (TPSA) is 119 Å². The number of carbonyl (C=O) groups excluding carboxylic acids is 1. The second-order valence-corrected chi connectivity index (χ2v) is 8.11. The van der Waals surface area contributed by atoms with Crippen molar-refractivity contribution in [2.75, 3.05) is 14.2 Å². The molecule has 156 valence electrons. The molecule has 2 N–H and O–H groups in total. The number of benzene rings is 2. The number of aliphatic carboxylic acids is 1. The smallest absolute Gasteiger partial charge is 0.303 e. The first-order valence-corrected chi connectivity index (χ1v) is 10.3. The van der Waals surface area contributed by atoms with Gasteiger partial charge in [-0.25, -0.2) is 13.1 Å². The Bertz CT molecular complexity index is 1020. The van der Waals surface area contributed by atoms with Gasteiger partial charge in [0.15, 0.2) is 5.78 Å². The number of nitrogens with one attached hydrogen (secondary N) is 1.